The van der Waals surface area contributed by atoms with Crippen molar-refractivity contribution >= 4 is 5.95 Å². The highest BCUT2D eigenvalue weighted by Crippen LogP contribution is 2.19. The smallest absolute Gasteiger partial charge is 0.225 e. The lowest BCUT2D eigenvalue weighted by Crippen LogP contribution is -2.25. The van der Waals surface area contributed by atoms with Crippen molar-refractivity contribution in [3.63, 3.8) is 0 Å². The highest BCUT2D eigenvalue weighted by molar-refractivity contribution is 5.36. The third kappa shape index (κ3) is 3.92. The Hall–Kier alpha value is -1.16. The van der Waals surface area contributed by atoms with Gasteiger partial charge in [-0.2, -0.15) is 0 Å². The average molecular weight is 276 g/mol. The molecule has 1 fully saturated rings. The molecule has 0 atom stereocenters. The first-order chi connectivity index (χ1) is 9.65. The summed E-state index contributed by atoms with van der Waals surface area (Å²) in [6.45, 7) is 11.6. The van der Waals surface area contributed by atoms with Crippen molar-refractivity contribution in [1.82, 2.24) is 15.3 Å². The van der Waals surface area contributed by atoms with Crippen molar-refractivity contribution in [1.29, 1.82) is 0 Å². The molecule has 2 rings (SSSR count). The maximum Gasteiger partial charge on any atom is 0.225 e. The molecule has 0 spiro atoms. The number of aryl methyl sites for hydroxylation is 2. The molecule has 112 valence electrons. The second-order valence-corrected chi connectivity index (χ2v) is 5.68. The summed E-state index contributed by atoms with van der Waals surface area (Å²) in [5.41, 5.74) is 3.62. The van der Waals surface area contributed by atoms with Crippen LogP contribution in [-0.2, 0) is 6.42 Å². The molecular formula is C16H28N4. The SMILES string of the molecule is CCN(CC)c1nc(C)c(CCCNC2CC2)c(C)n1. The van der Waals surface area contributed by atoms with Crippen molar-refractivity contribution in [2.24, 2.45) is 0 Å². The van der Waals surface area contributed by atoms with Crippen LogP contribution in [0.25, 0.3) is 0 Å². The first kappa shape index (κ1) is 15.2. The molecular weight excluding hydrogens is 248 g/mol. The average Bonchev–Trinajstić information content (AvgIpc) is 3.22. The van der Waals surface area contributed by atoms with Crippen LogP contribution < -0.4 is 10.2 Å². The fourth-order valence-corrected chi connectivity index (χ4v) is 2.59. The Morgan fingerprint density at radius 2 is 1.70 bits per heavy atom. The van der Waals surface area contributed by atoms with Gasteiger partial charge in [-0.05, 0) is 65.5 Å². The maximum absolute atomic E-state index is 4.70. The minimum atomic E-state index is 0.804. The van der Waals surface area contributed by atoms with Gasteiger partial charge in [0.1, 0.15) is 0 Å². The molecule has 1 saturated carbocycles. The Bertz CT molecular complexity index is 413. The van der Waals surface area contributed by atoms with E-state index < -0.39 is 0 Å². The van der Waals surface area contributed by atoms with Crippen molar-refractivity contribution in [2.45, 2.75) is 59.4 Å². The van der Waals surface area contributed by atoms with Gasteiger partial charge in [-0.25, -0.2) is 9.97 Å². The number of nitrogens with zero attached hydrogens (tertiary/aromatic N) is 3. The minimum absolute atomic E-state index is 0.804. The monoisotopic (exact) mass is 276 g/mol. The summed E-state index contributed by atoms with van der Waals surface area (Å²) >= 11 is 0. The zero-order valence-electron chi connectivity index (χ0n) is 13.4. The standard InChI is InChI=1S/C16H28N4/c1-5-20(6-2)16-18-12(3)15(13(4)19-16)8-7-11-17-14-9-10-14/h14,17H,5-11H2,1-4H3. The van der Waals surface area contributed by atoms with Crippen LogP contribution >= 0.6 is 0 Å². The molecule has 0 saturated heterocycles. The molecule has 4 nitrogen and oxygen atoms in total. The van der Waals surface area contributed by atoms with E-state index in [4.69, 9.17) is 9.97 Å². The summed E-state index contributed by atoms with van der Waals surface area (Å²) in [6.07, 6.45) is 4.97. The van der Waals surface area contributed by atoms with Crippen LogP contribution in [0.2, 0.25) is 0 Å². The number of anilines is 1. The van der Waals surface area contributed by atoms with E-state index in [2.05, 4.69) is 37.9 Å². The summed E-state index contributed by atoms with van der Waals surface area (Å²) in [6, 6.07) is 0.804. The number of rotatable bonds is 8. The molecule has 1 N–H and O–H groups in total. The van der Waals surface area contributed by atoms with Gasteiger partial charge in [-0.3, -0.25) is 0 Å². The molecule has 0 radical (unpaired) electrons. The lowest BCUT2D eigenvalue weighted by atomic mass is 10.1. The van der Waals surface area contributed by atoms with E-state index in [9.17, 15) is 0 Å². The molecule has 0 amide bonds. The maximum atomic E-state index is 4.70. The van der Waals surface area contributed by atoms with Crippen LogP contribution in [0.15, 0.2) is 0 Å². The highest BCUT2D eigenvalue weighted by atomic mass is 15.2. The van der Waals surface area contributed by atoms with Crippen LogP contribution in [0.3, 0.4) is 0 Å². The molecule has 0 aliphatic heterocycles. The van der Waals surface area contributed by atoms with Gasteiger partial charge < -0.3 is 10.2 Å². The molecule has 0 aromatic carbocycles. The number of hydrogen-bond acceptors (Lipinski definition) is 4. The first-order valence-corrected chi connectivity index (χ1v) is 7.98. The number of nitrogens with one attached hydrogen (secondary N) is 1. The third-order valence-electron chi connectivity index (χ3n) is 4.07. The van der Waals surface area contributed by atoms with Crippen LogP contribution in [0.1, 0.15) is 50.1 Å². The van der Waals surface area contributed by atoms with Gasteiger partial charge in [-0.1, -0.05) is 0 Å². The third-order valence-corrected chi connectivity index (χ3v) is 4.07. The molecule has 1 aliphatic carbocycles. The lowest BCUT2D eigenvalue weighted by molar-refractivity contribution is 0.641. The molecule has 1 heterocycles. The second kappa shape index (κ2) is 7.02. The Labute approximate surface area is 123 Å². The van der Waals surface area contributed by atoms with Gasteiger partial charge >= 0.3 is 0 Å². The van der Waals surface area contributed by atoms with Gasteiger partial charge in [0.2, 0.25) is 5.95 Å². The normalized spacial score (nSPS) is 14.6. The summed E-state index contributed by atoms with van der Waals surface area (Å²) in [7, 11) is 0. The van der Waals surface area contributed by atoms with E-state index >= 15 is 0 Å². The highest BCUT2D eigenvalue weighted by Gasteiger charge is 2.19. The predicted octanol–water partition coefficient (Wildman–Crippen LogP) is 2.62. The zero-order valence-corrected chi connectivity index (χ0v) is 13.4. The molecule has 4 heteroatoms. The Balaban J connectivity index is 1.97. The number of hydrogen-bond donors (Lipinski definition) is 1. The second-order valence-electron chi connectivity index (χ2n) is 5.68. The predicted molar refractivity (Wildman–Crippen MR) is 84.4 cm³/mol. The summed E-state index contributed by atoms with van der Waals surface area (Å²) in [5, 5.41) is 3.56. The molecule has 1 aromatic rings. The topological polar surface area (TPSA) is 41.1 Å². The van der Waals surface area contributed by atoms with E-state index in [1.165, 1.54) is 24.8 Å². The van der Waals surface area contributed by atoms with E-state index in [0.29, 0.717) is 0 Å². The molecule has 1 aliphatic rings. The number of aromatic nitrogens is 2. The first-order valence-electron chi connectivity index (χ1n) is 7.98. The molecule has 0 bridgehead atoms. The van der Waals surface area contributed by atoms with E-state index in [0.717, 1.165) is 49.4 Å². The molecule has 1 aromatic heterocycles. The quantitative estimate of drug-likeness (QED) is 0.741. The van der Waals surface area contributed by atoms with Crippen LogP contribution in [-0.4, -0.2) is 35.6 Å². The van der Waals surface area contributed by atoms with Crippen LogP contribution in [0, 0.1) is 13.8 Å². The van der Waals surface area contributed by atoms with E-state index in [-0.39, 0.29) is 0 Å². The van der Waals surface area contributed by atoms with Crippen LogP contribution in [0.5, 0.6) is 0 Å². The van der Waals surface area contributed by atoms with Crippen molar-refractivity contribution < 1.29 is 0 Å². The Kier molecular flexibility index (Phi) is 5.35. The summed E-state index contributed by atoms with van der Waals surface area (Å²) < 4.78 is 0. The van der Waals surface area contributed by atoms with Gasteiger partial charge in [0.25, 0.3) is 0 Å². The van der Waals surface area contributed by atoms with Crippen molar-refractivity contribution in [3.8, 4) is 0 Å². The van der Waals surface area contributed by atoms with Crippen molar-refractivity contribution in [2.75, 3.05) is 24.5 Å². The van der Waals surface area contributed by atoms with Gasteiger partial charge in [0.15, 0.2) is 0 Å². The lowest BCUT2D eigenvalue weighted by Gasteiger charge is -2.20. The summed E-state index contributed by atoms with van der Waals surface area (Å²) in [5.74, 6) is 0.879. The zero-order chi connectivity index (χ0) is 14.5. The van der Waals surface area contributed by atoms with Gasteiger partial charge in [-0.15, -0.1) is 0 Å². The van der Waals surface area contributed by atoms with E-state index in [1.807, 2.05) is 0 Å². The van der Waals surface area contributed by atoms with Gasteiger partial charge in [0, 0.05) is 30.5 Å². The van der Waals surface area contributed by atoms with E-state index in [1.54, 1.807) is 0 Å². The fraction of sp³-hybridized carbons (Fsp3) is 0.750. The van der Waals surface area contributed by atoms with Gasteiger partial charge in [0.05, 0.1) is 0 Å². The largest absolute Gasteiger partial charge is 0.341 e. The molecule has 0 unspecified atom stereocenters. The molecule has 20 heavy (non-hydrogen) atoms. The summed E-state index contributed by atoms with van der Waals surface area (Å²) in [4.78, 5) is 11.6. The fourth-order valence-electron chi connectivity index (χ4n) is 2.59. The minimum Gasteiger partial charge on any atom is -0.341 e. The Morgan fingerprint density at radius 1 is 1.10 bits per heavy atom. The Morgan fingerprint density at radius 3 is 2.20 bits per heavy atom. The van der Waals surface area contributed by atoms with Crippen LogP contribution in [0.4, 0.5) is 5.95 Å². The van der Waals surface area contributed by atoms with Crippen molar-refractivity contribution in [3.05, 3.63) is 17.0 Å².